The zero-order chi connectivity index (χ0) is 19.8. The summed E-state index contributed by atoms with van der Waals surface area (Å²) in [5.41, 5.74) is 3.38. The minimum absolute atomic E-state index is 0.341. The molecule has 0 amide bonds. The lowest BCUT2D eigenvalue weighted by Gasteiger charge is -2.19. The molecule has 1 N–H and O–H groups in total. The largest absolute Gasteiger partial charge is 0.480 e. The molecule has 0 aromatic heterocycles. The smallest absolute Gasteiger partial charge is 0.331 e. The van der Waals surface area contributed by atoms with Gasteiger partial charge in [0.2, 0.25) is 0 Å². The third kappa shape index (κ3) is 5.15. The molecule has 142 valence electrons. The van der Waals surface area contributed by atoms with Crippen LogP contribution in [0.4, 0.5) is 0 Å². The Morgan fingerprint density at radius 2 is 1.32 bits per heavy atom. The number of rotatable bonds is 8. The first-order valence-electron chi connectivity index (χ1n) is 9.22. The van der Waals surface area contributed by atoms with Crippen LogP contribution in [0.5, 0.6) is 0 Å². The molecule has 0 aliphatic heterocycles. The van der Waals surface area contributed by atoms with Crippen LogP contribution >= 0.6 is 0 Å². The van der Waals surface area contributed by atoms with Crippen LogP contribution in [0.1, 0.15) is 23.6 Å². The van der Waals surface area contributed by atoms with E-state index in [1.807, 2.05) is 91.0 Å². The van der Waals surface area contributed by atoms with Gasteiger partial charge in [-0.1, -0.05) is 91.0 Å². The molecule has 3 aromatic rings. The first-order valence-corrected chi connectivity index (χ1v) is 9.22. The summed E-state index contributed by atoms with van der Waals surface area (Å²) in [5.74, 6) is -1.01. The fourth-order valence-corrected chi connectivity index (χ4v) is 2.90. The Labute approximate surface area is 165 Å². The molecular formula is C24H23NO3. The number of nitrogens with zero attached hydrogens (tertiary/aromatic N) is 1. The lowest BCUT2D eigenvalue weighted by Crippen LogP contribution is -2.33. The van der Waals surface area contributed by atoms with E-state index in [-0.39, 0.29) is 0 Å². The summed E-state index contributed by atoms with van der Waals surface area (Å²) in [6.45, 7) is 2.09. The van der Waals surface area contributed by atoms with Crippen molar-refractivity contribution in [2.45, 2.75) is 25.7 Å². The van der Waals surface area contributed by atoms with E-state index in [9.17, 15) is 9.90 Å². The van der Waals surface area contributed by atoms with Gasteiger partial charge in [0.15, 0.2) is 6.04 Å². The van der Waals surface area contributed by atoms with E-state index in [0.29, 0.717) is 12.3 Å². The maximum Gasteiger partial charge on any atom is 0.331 e. The van der Waals surface area contributed by atoms with Crippen molar-refractivity contribution in [2.24, 2.45) is 4.99 Å². The maximum atomic E-state index is 12.0. The Morgan fingerprint density at radius 1 is 0.857 bits per heavy atom. The molecule has 4 heteroatoms. The average molecular weight is 373 g/mol. The van der Waals surface area contributed by atoms with Crippen LogP contribution in [0.3, 0.4) is 0 Å². The van der Waals surface area contributed by atoms with E-state index in [4.69, 9.17) is 4.74 Å². The van der Waals surface area contributed by atoms with Crippen molar-refractivity contribution in [2.75, 3.05) is 0 Å². The number of carboxylic acid groups (broad SMARTS) is 1. The van der Waals surface area contributed by atoms with Crippen LogP contribution in [-0.4, -0.2) is 28.9 Å². The van der Waals surface area contributed by atoms with E-state index in [2.05, 4.69) is 4.99 Å². The SMILES string of the molecule is CC(OCc1ccccc1)C(N=C(c1ccccc1)c1ccccc1)C(=O)O. The van der Waals surface area contributed by atoms with Crippen molar-refractivity contribution in [1.82, 2.24) is 0 Å². The summed E-state index contributed by atoms with van der Waals surface area (Å²) in [7, 11) is 0. The fourth-order valence-electron chi connectivity index (χ4n) is 2.90. The summed E-state index contributed by atoms with van der Waals surface area (Å²) in [4.78, 5) is 16.6. The Balaban J connectivity index is 1.89. The van der Waals surface area contributed by atoms with Crippen LogP contribution in [0.15, 0.2) is 96.0 Å². The van der Waals surface area contributed by atoms with Crippen molar-refractivity contribution in [3.05, 3.63) is 108 Å². The first-order chi connectivity index (χ1) is 13.6. The van der Waals surface area contributed by atoms with Gasteiger partial charge < -0.3 is 9.84 Å². The molecular weight excluding hydrogens is 350 g/mol. The van der Waals surface area contributed by atoms with Crippen LogP contribution in [0.2, 0.25) is 0 Å². The molecule has 2 atom stereocenters. The highest BCUT2D eigenvalue weighted by molar-refractivity contribution is 6.13. The Kier molecular flexibility index (Phi) is 6.71. The Morgan fingerprint density at radius 3 is 1.79 bits per heavy atom. The van der Waals surface area contributed by atoms with Gasteiger partial charge in [-0.3, -0.25) is 4.99 Å². The minimum Gasteiger partial charge on any atom is -0.480 e. The molecule has 2 unspecified atom stereocenters. The lowest BCUT2D eigenvalue weighted by molar-refractivity contribution is -0.142. The van der Waals surface area contributed by atoms with Gasteiger partial charge >= 0.3 is 5.97 Å². The maximum absolute atomic E-state index is 12.0. The molecule has 3 aromatic carbocycles. The first kappa shape index (κ1) is 19.5. The van der Waals surface area contributed by atoms with Crippen molar-refractivity contribution in [3.8, 4) is 0 Å². The zero-order valence-electron chi connectivity index (χ0n) is 15.7. The second kappa shape index (κ2) is 9.62. The van der Waals surface area contributed by atoms with Crippen molar-refractivity contribution >= 4 is 11.7 Å². The number of aliphatic carboxylic acids is 1. The van der Waals surface area contributed by atoms with Crippen molar-refractivity contribution < 1.29 is 14.6 Å². The summed E-state index contributed by atoms with van der Waals surface area (Å²) in [6, 6.07) is 27.9. The number of hydrogen-bond donors (Lipinski definition) is 1. The predicted molar refractivity (Wildman–Crippen MR) is 111 cm³/mol. The van der Waals surface area contributed by atoms with Crippen molar-refractivity contribution in [3.63, 3.8) is 0 Å². The molecule has 0 bridgehead atoms. The van der Waals surface area contributed by atoms with Crippen LogP contribution in [-0.2, 0) is 16.1 Å². The number of hydrogen-bond acceptors (Lipinski definition) is 3. The monoisotopic (exact) mass is 373 g/mol. The highest BCUT2D eigenvalue weighted by Gasteiger charge is 2.26. The number of aliphatic imine (C=N–C) groups is 1. The number of carbonyl (C=O) groups is 1. The Hall–Kier alpha value is -3.24. The number of carboxylic acids is 1. The predicted octanol–water partition coefficient (Wildman–Crippen LogP) is 4.58. The van der Waals surface area contributed by atoms with Gasteiger partial charge in [-0.25, -0.2) is 4.79 Å². The zero-order valence-corrected chi connectivity index (χ0v) is 15.7. The van der Waals surface area contributed by atoms with E-state index in [0.717, 1.165) is 16.7 Å². The topological polar surface area (TPSA) is 58.9 Å². The quantitative estimate of drug-likeness (QED) is 0.588. The standard InChI is InChI=1S/C24H23NO3/c1-18(28-17-19-11-5-2-6-12-19)22(24(26)27)25-23(20-13-7-3-8-14-20)21-15-9-4-10-16-21/h2-16,18,22H,17H2,1H3,(H,26,27). The molecule has 0 aliphatic carbocycles. The van der Waals surface area contributed by atoms with Gasteiger partial charge in [0.25, 0.3) is 0 Å². The van der Waals surface area contributed by atoms with E-state index < -0.39 is 18.1 Å². The average Bonchev–Trinajstić information content (AvgIpc) is 2.74. The molecule has 0 radical (unpaired) electrons. The van der Waals surface area contributed by atoms with Gasteiger partial charge in [-0.15, -0.1) is 0 Å². The van der Waals surface area contributed by atoms with E-state index >= 15 is 0 Å². The van der Waals surface area contributed by atoms with Crippen LogP contribution in [0, 0.1) is 0 Å². The molecule has 0 fully saturated rings. The molecule has 28 heavy (non-hydrogen) atoms. The second-order valence-electron chi connectivity index (χ2n) is 6.49. The molecule has 3 rings (SSSR count). The summed E-state index contributed by atoms with van der Waals surface area (Å²) < 4.78 is 5.84. The number of benzene rings is 3. The molecule has 0 saturated heterocycles. The molecule has 0 spiro atoms. The Bertz CT molecular complexity index is 867. The van der Waals surface area contributed by atoms with Gasteiger partial charge in [0, 0.05) is 11.1 Å². The highest BCUT2D eigenvalue weighted by Crippen LogP contribution is 2.16. The van der Waals surface area contributed by atoms with Gasteiger partial charge in [0.05, 0.1) is 18.4 Å². The van der Waals surface area contributed by atoms with E-state index in [1.54, 1.807) is 6.92 Å². The van der Waals surface area contributed by atoms with E-state index in [1.165, 1.54) is 0 Å². The highest BCUT2D eigenvalue weighted by atomic mass is 16.5. The lowest BCUT2D eigenvalue weighted by atomic mass is 10.0. The van der Waals surface area contributed by atoms with Gasteiger partial charge in [-0.2, -0.15) is 0 Å². The summed E-state index contributed by atoms with van der Waals surface area (Å²) >= 11 is 0. The number of ether oxygens (including phenoxy) is 1. The molecule has 4 nitrogen and oxygen atoms in total. The molecule has 0 saturated carbocycles. The second-order valence-corrected chi connectivity index (χ2v) is 6.49. The third-order valence-electron chi connectivity index (χ3n) is 4.42. The van der Waals surface area contributed by atoms with Crippen molar-refractivity contribution in [1.29, 1.82) is 0 Å². The van der Waals surface area contributed by atoms with Gasteiger partial charge in [0.1, 0.15) is 0 Å². The van der Waals surface area contributed by atoms with Crippen LogP contribution < -0.4 is 0 Å². The van der Waals surface area contributed by atoms with Crippen LogP contribution in [0.25, 0.3) is 0 Å². The molecule has 0 heterocycles. The summed E-state index contributed by atoms with van der Waals surface area (Å²) in [5, 5.41) is 9.80. The molecule has 0 aliphatic rings. The van der Waals surface area contributed by atoms with Gasteiger partial charge in [-0.05, 0) is 12.5 Å². The summed E-state index contributed by atoms with van der Waals surface area (Å²) in [6.07, 6.45) is -0.583. The fraction of sp³-hybridized carbons (Fsp3) is 0.167. The minimum atomic E-state index is -1.01. The normalized spacial score (nSPS) is 12.8. The third-order valence-corrected chi connectivity index (χ3v) is 4.42.